The molecule has 0 unspecified atom stereocenters. The lowest BCUT2D eigenvalue weighted by molar-refractivity contribution is 0.427. The molecule has 76 valence electrons. The summed E-state index contributed by atoms with van der Waals surface area (Å²) in [4.78, 5) is 0. The molecule has 2 aromatic rings. The number of halogens is 1. The number of hydrogen-bond donors (Lipinski definition) is 2. The Morgan fingerprint density at radius 3 is 2.53 bits per heavy atom. The van der Waals surface area contributed by atoms with E-state index in [1.807, 2.05) is 0 Å². The first-order chi connectivity index (χ1) is 7.18. The van der Waals surface area contributed by atoms with E-state index in [0.29, 0.717) is 15.9 Å². The Bertz CT molecular complexity index is 470. The minimum Gasteiger partial charge on any atom is -0.423 e. The van der Waals surface area contributed by atoms with E-state index in [9.17, 15) is 4.39 Å². The van der Waals surface area contributed by atoms with E-state index < -0.39 is 7.12 Å². The minimum atomic E-state index is -1.49. The maximum absolute atomic E-state index is 13.4. The summed E-state index contributed by atoms with van der Waals surface area (Å²) in [7, 11) is -1.49. The van der Waals surface area contributed by atoms with Crippen molar-refractivity contribution in [3.63, 3.8) is 0 Å². The topological polar surface area (TPSA) is 40.5 Å². The molecule has 0 atom stereocenters. The largest absolute Gasteiger partial charge is 0.499 e. The molecule has 2 N–H and O–H groups in total. The Balaban J connectivity index is 2.42. The first kappa shape index (κ1) is 10.4. The van der Waals surface area contributed by atoms with Crippen molar-refractivity contribution in [3.8, 4) is 11.1 Å². The average molecular weight is 222 g/mol. The van der Waals surface area contributed by atoms with E-state index in [4.69, 9.17) is 10.0 Å². The second-order valence-electron chi connectivity index (χ2n) is 3.09. The molecule has 1 aromatic carbocycles. The summed E-state index contributed by atoms with van der Waals surface area (Å²) >= 11 is 1.19. The van der Waals surface area contributed by atoms with E-state index in [0.717, 1.165) is 0 Å². The van der Waals surface area contributed by atoms with Crippen LogP contribution in [0.15, 0.2) is 35.7 Å². The highest BCUT2D eigenvalue weighted by molar-refractivity contribution is 7.20. The summed E-state index contributed by atoms with van der Waals surface area (Å²) in [5, 5.41) is 19.6. The standard InChI is InChI=1S/C10H8BFO2S/c12-9-4-2-1-3-8(9)7-5-10(11(13)14)15-6-7/h1-6,13-14H. The van der Waals surface area contributed by atoms with E-state index in [-0.39, 0.29) is 5.82 Å². The third-order valence-corrected chi connectivity index (χ3v) is 3.03. The van der Waals surface area contributed by atoms with Crippen molar-refractivity contribution in [1.29, 1.82) is 0 Å². The summed E-state index contributed by atoms with van der Waals surface area (Å²) in [5.41, 5.74) is 1.14. The van der Waals surface area contributed by atoms with E-state index >= 15 is 0 Å². The Morgan fingerprint density at radius 1 is 1.20 bits per heavy atom. The molecule has 0 fully saturated rings. The number of benzene rings is 1. The maximum atomic E-state index is 13.4. The molecule has 2 nitrogen and oxygen atoms in total. The van der Waals surface area contributed by atoms with Gasteiger partial charge in [0.05, 0.1) is 0 Å². The molecule has 0 aliphatic carbocycles. The Kier molecular flexibility index (Phi) is 2.86. The van der Waals surface area contributed by atoms with Crippen molar-refractivity contribution in [3.05, 3.63) is 41.5 Å². The van der Waals surface area contributed by atoms with Crippen LogP contribution in [0.1, 0.15) is 0 Å². The van der Waals surface area contributed by atoms with Crippen LogP contribution in [0.2, 0.25) is 0 Å². The van der Waals surface area contributed by atoms with Crippen LogP contribution in [0.25, 0.3) is 11.1 Å². The molecule has 1 aromatic heterocycles. The summed E-state index contributed by atoms with van der Waals surface area (Å²) < 4.78 is 13.8. The summed E-state index contributed by atoms with van der Waals surface area (Å²) in [6, 6.07) is 7.97. The second kappa shape index (κ2) is 4.14. The molecule has 0 saturated heterocycles. The molecule has 0 amide bonds. The van der Waals surface area contributed by atoms with Crippen molar-refractivity contribution >= 4 is 23.2 Å². The van der Waals surface area contributed by atoms with Gasteiger partial charge in [0.25, 0.3) is 0 Å². The van der Waals surface area contributed by atoms with Crippen molar-refractivity contribution in [1.82, 2.24) is 0 Å². The quantitative estimate of drug-likeness (QED) is 0.750. The van der Waals surface area contributed by atoms with Gasteiger partial charge in [0.2, 0.25) is 0 Å². The van der Waals surface area contributed by atoms with Crippen LogP contribution in [0.5, 0.6) is 0 Å². The molecule has 1 heterocycles. The predicted molar refractivity (Wildman–Crippen MR) is 59.5 cm³/mol. The van der Waals surface area contributed by atoms with Crippen LogP contribution < -0.4 is 4.78 Å². The number of hydrogen-bond acceptors (Lipinski definition) is 3. The lowest BCUT2D eigenvalue weighted by Crippen LogP contribution is -2.26. The highest BCUT2D eigenvalue weighted by Crippen LogP contribution is 2.23. The highest BCUT2D eigenvalue weighted by Gasteiger charge is 2.15. The lowest BCUT2D eigenvalue weighted by atomic mass is 9.88. The van der Waals surface area contributed by atoms with Gasteiger partial charge in [0.15, 0.2) is 0 Å². The van der Waals surface area contributed by atoms with Gasteiger partial charge < -0.3 is 10.0 Å². The first-order valence-corrected chi connectivity index (χ1v) is 5.26. The van der Waals surface area contributed by atoms with Crippen molar-refractivity contribution < 1.29 is 14.4 Å². The van der Waals surface area contributed by atoms with Gasteiger partial charge in [-0.05, 0) is 23.1 Å². The van der Waals surface area contributed by atoms with Gasteiger partial charge in [-0.3, -0.25) is 0 Å². The van der Waals surface area contributed by atoms with Crippen LogP contribution in [0.4, 0.5) is 4.39 Å². The average Bonchev–Trinajstić information content (AvgIpc) is 2.67. The van der Waals surface area contributed by atoms with Gasteiger partial charge in [-0.25, -0.2) is 4.39 Å². The van der Waals surface area contributed by atoms with Gasteiger partial charge in [-0.15, -0.1) is 0 Å². The molecule has 0 radical (unpaired) electrons. The van der Waals surface area contributed by atoms with Crippen molar-refractivity contribution in [2.45, 2.75) is 0 Å². The molecular weight excluding hydrogens is 214 g/mol. The zero-order chi connectivity index (χ0) is 10.8. The molecule has 0 aliphatic heterocycles. The van der Waals surface area contributed by atoms with E-state index in [2.05, 4.69) is 0 Å². The van der Waals surface area contributed by atoms with Crippen LogP contribution >= 0.6 is 11.3 Å². The fourth-order valence-corrected chi connectivity index (χ4v) is 2.10. The van der Waals surface area contributed by atoms with Gasteiger partial charge >= 0.3 is 7.12 Å². The summed E-state index contributed by atoms with van der Waals surface area (Å²) in [5.74, 6) is -0.311. The normalized spacial score (nSPS) is 10.3. The molecule has 0 saturated carbocycles. The van der Waals surface area contributed by atoms with E-state index in [1.165, 1.54) is 17.4 Å². The number of rotatable bonds is 2. The van der Waals surface area contributed by atoms with Gasteiger partial charge in [0.1, 0.15) is 5.82 Å². The zero-order valence-electron chi connectivity index (χ0n) is 7.72. The molecule has 0 spiro atoms. The molecule has 5 heteroatoms. The molecule has 0 bridgehead atoms. The van der Waals surface area contributed by atoms with Gasteiger partial charge in [-0.2, -0.15) is 11.3 Å². The highest BCUT2D eigenvalue weighted by atomic mass is 32.1. The fourth-order valence-electron chi connectivity index (χ4n) is 1.32. The Hall–Kier alpha value is -1.17. The zero-order valence-corrected chi connectivity index (χ0v) is 8.54. The van der Waals surface area contributed by atoms with Crippen LogP contribution in [-0.2, 0) is 0 Å². The van der Waals surface area contributed by atoms with Gasteiger partial charge in [-0.1, -0.05) is 18.2 Å². The van der Waals surface area contributed by atoms with Crippen LogP contribution in [0, 0.1) is 5.82 Å². The van der Waals surface area contributed by atoms with Gasteiger partial charge in [0, 0.05) is 10.3 Å². The smallest absolute Gasteiger partial charge is 0.423 e. The van der Waals surface area contributed by atoms with Crippen molar-refractivity contribution in [2.24, 2.45) is 0 Å². The van der Waals surface area contributed by atoms with Crippen molar-refractivity contribution in [2.75, 3.05) is 0 Å². The first-order valence-electron chi connectivity index (χ1n) is 4.38. The molecular formula is C10H8BFO2S. The third kappa shape index (κ3) is 2.09. The Morgan fingerprint density at radius 2 is 1.93 bits per heavy atom. The third-order valence-electron chi connectivity index (χ3n) is 2.06. The Labute approximate surface area is 90.8 Å². The van der Waals surface area contributed by atoms with E-state index in [1.54, 1.807) is 29.6 Å². The summed E-state index contributed by atoms with van der Waals surface area (Å²) in [6.07, 6.45) is 0. The minimum absolute atomic E-state index is 0.311. The predicted octanol–water partition coefficient (Wildman–Crippen LogP) is 1.23. The van der Waals surface area contributed by atoms with Crippen LogP contribution in [0.3, 0.4) is 0 Å². The fraction of sp³-hybridized carbons (Fsp3) is 0. The summed E-state index contributed by atoms with van der Waals surface area (Å²) in [6.45, 7) is 0. The molecule has 2 rings (SSSR count). The molecule has 15 heavy (non-hydrogen) atoms. The SMILES string of the molecule is OB(O)c1cc(-c2ccccc2F)cs1. The molecule has 0 aliphatic rings. The van der Waals surface area contributed by atoms with Crippen LogP contribution in [-0.4, -0.2) is 17.2 Å². The number of thiophene rings is 1. The lowest BCUT2D eigenvalue weighted by Gasteiger charge is -1.98. The second-order valence-corrected chi connectivity index (χ2v) is 4.03. The monoisotopic (exact) mass is 222 g/mol. The maximum Gasteiger partial charge on any atom is 0.499 e.